The molecule has 20 heavy (non-hydrogen) atoms. The summed E-state index contributed by atoms with van der Waals surface area (Å²) in [5.74, 6) is -0.409. The SMILES string of the molecule is O=[N+]([O-])c1cnc(CS(=O)(=O)c2ccccc2)c(Cl)c1. The van der Waals surface area contributed by atoms with E-state index in [9.17, 15) is 18.5 Å². The molecule has 0 aliphatic rings. The van der Waals surface area contributed by atoms with Crippen molar-refractivity contribution in [2.75, 3.05) is 0 Å². The molecule has 0 radical (unpaired) electrons. The maximum absolute atomic E-state index is 12.1. The third-order valence-electron chi connectivity index (χ3n) is 2.54. The van der Waals surface area contributed by atoms with Crippen LogP contribution in [0.1, 0.15) is 5.69 Å². The van der Waals surface area contributed by atoms with Gasteiger partial charge in [-0.2, -0.15) is 0 Å². The van der Waals surface area contributed by atoms with Gasteiger partial charge in [0.15, 0.2) is 9.84 Å². The minimum atomic E-state index is -3.59. The Labute approximate surface area is 120 Å². The Hall–Kier alpha value is -1.99. The molecule has 0 spiro atoms. The van der Waals surface area contributed by atoms with Crippen LogP contribution in [0.2, 0.25) is 5.02 Å². The molecular weight excluding hydrogens is 304 g/mol. The molecule has 0 bridgehead atoms. The molecule has 2 rings (SSSR count). The maximum Gasteiger partial charge on any atom is 0.289 e. The Kier molecular flexibility index (Phi) is 4.01. The standard InChI is InChI=1S/C12H9ClN2O4S/c13-11-6-9(15(16)17)7-14-12(11)8-20(18,19)10-4-2-1-3-5-10/h1-7H,8H2. The summed E-state index contributed by atoms with van der Waals surface area (Å²) in [4.78, 5) is 13.8. The number of rotatable bonds is 4. The van der Waals surface area contributed by atoms with Crippen LogP contribution in [0, 0.1) is 10.1 Å². The van der Waals surface area contributed by atoms with Gasteiger partial charge in [0.2, 0.25) is 0 Å². The van der Waals surface area contributed by atoms with Crippen molar-refractivity contribution in [1.29, 1.82) is 0 Å². The van der Waals surface area contributed by atoms with Crippen molar-refractivity contribution < 1.29 is 13.3 Å². The third-order valence-corrected chi connectivity index (χ3v) is 4.51. The van der Waals surface area contributed by atoms with Crippen molar-refractivity contribution in [1.82, 2.24) is 4.98 Å². The first-order valence-corrected chi connectivity index (χ1v) is 7.50. The number of nitrogens with zero attached hydrogens (tertiary/aromatic N) is 2. The molecule has 0 unspecified atom stereocenters. The van der Waals surface area contributed by atoms with Gasteiger partial charge in [-0.3, -0.25) is 15.1 Å². The summed E-state index contributed by atoms with van der Waals surface area (Å²) in [6, 6.07) is 8.94. The van der Waals surface area contributed by atoms with E-state index in [0.717, 1.165) is 12.3 Å². The first-order chi connectivity index (χ1) is 9.40. The number of hydrogen-bond acceptors (Lipinski definition) is 5. The quantitative estimate of drug-likeness (QED) is 0.639. The number of halogens is 1. The molecule has 104 valence electrons. The molecule has 1 aromatic carbocycles. The van der Waals surface area contributed by atoms with E-state index in [1.54, 1.807) is 18.2 Å². The van der Waals surface area contributed by atoms with Crippen LogP contribution in [0.15, 0.2) is 47.5 Å². The average molecular weight is 313 g/mol. The fraction of sp³-hybridized carbons (Fsp3) is 0.0833. The molecular formula is C12H9ClN2O4S. The summed E-state index contributed by atoms with van der Waals surface area (Å²) < 4.78 is 24.3. The van der Waals surface area contributed by atoms with Crippen molar-refractivity contribution in [2.45, 2.75) is 10.6 Å². The Morgan fingerprint density at radius 3 is 2.45 bits per heavy atom. The normalized spacial score (nSPS) is 11.2. The number of nitro groups is 1. The van der Waals surface area contributed by atoms with Gasteiger partial charge in [-0.25, -0.2) is 8.42 Å². The van der Waals surface area contributed by atoms with Crippen LogP contribution in [0.25, 0.3) is 0 Å². The van der Waals surface area contributed by atoms with Gasteiger partial charge in [-0.15, -0.1) is 0 Å². The zero-order chi connectivity index (χ0) is 14.8. The van der Waals surface area contributed by atoms with Crippen LogP contribution >= 0.6 is 11.6 Å². The lowest BCUT2D eigenvalue weighted by molar-refractivity contribution is -0.385. The largest absolute Gasteiger partial charge is 0.289 e. The van der Waals surface area contributed by atoms with Gasteiger partial charge in [-0.1, -0.05) is 29.8 Å². The molecule has 6 nitrogen and oxygen atoms in total. The number of aromatic nitrogens is 1. The molecule has 0 aliphatic carbocycles. The fourth-order valence-corrected chi connectivity index (χ4v) is 3.19. The molecule has 1 heterocycles. The predicted octanol–water partition coefficient (Wildman–Crippen LogP) is 2.62. The lowest BCUT2D eigenvalue weighted by Gasteiger charge is -2.05. The number of pyridine rings is 1. The minimum absolute atomic E-state index is 0.0429. The maximum atomic E-state index is 12.1. The van der Waals surface area contributed by atoms with E-state index in [4.69, 9.17) is 11.6 Å². The van der Waals surface area contributed by atoms with E-state index >= 15 is 0 Å². The van der Waals surface area contributed by atoms with Crippen molar-refractivity contribution in [3.8, 4) is 0 Å². The lowest BCUT2D eigenvalue weighted by Crippen LogP contribution is -2.07. The second-order valence-corrected chi connectivity index (χ2v) is 6.35. The van der Waals surface area contributed by atoms with E-state index in [0.29, 0.717) is 0 Å². The van der Waals surface area contributed by atoms with Gasteiger partial charge in [0.25, 0.3) is 5.69 Å². The van der Waals surface area contributed by atoms with Crippen molar-refractivity contribution >= 4 is 27.1 Å². The summed E-state index contributed by atoms with van der Waals surface area (Å²) in [7, 11) is -3.59. The minimum Gasteiger partial charge on any atom is -0.258 e. The van der Waals surface area contributed by atoms with E-state index in [-0.39, 0.29) is 21.3 Å². The zero-order valence-corrected chi connectivity index (χ0v) is 11.6. The lowest BCUT2D eigenvalue weighted by atomic mass is 10.3. The van der Waals surface area contributed by atoms with Crippen LogP contribution in [-0.2, 0) is 15.6 Å². The highest BCUT2D eigenvalue weighted by molar-refractivity contribution is 7.90. The van der Waals surface area contributed by atoms with Crippen molar-refractivity contribution in [3.05, 3.63) is 63.4 Å². The van der Waals surface area contributed by atoms with E-state index in [1.807, 2.05) is 0 Å². The highest BCUT2D eigenvalue weighted by atomic mass is 35.5. The molecule has 0 N–H and O–H groups in total. The number of sulfone groups is 1. The molecule has 0 saturated heterocycles. The average Bonchev–Trinajstić information content (AvgIpc) is 2.41. The molecule has 1 aromatic heterocycles. The molecule has 0 amide bonds. The Balaban J connectivity index is 2.33. The van der Waals surface area contributed by atoms with E-state index < -0.39 is 20.5 Å². The summed E-state index contributed by atoms with van der Waals surface area (Å²) in [5.41, 5.74) is -0.197. The van der Waals surface area contributed by atoms with Gasteiger partial charge in [0, 0.05) is 6.07 Å². The van der Waals surface area contributed by atoms with Gasteiger partial charge in [0.1, 0.15) is 6.20 Å². The van der Waals surface area contributed by atoms with Crippen LogP contribution in [-0.4, -0.2) is 18.3 Å². The molecule has 0 fully saturated rings. The fourth-order valence-electron chi connectivity index (χ4n) is 1.55. The molecule has 2 aromatic rings. The smallest absolute Gasteiger partial charge is 0.258 e. The second-order valence-electron chi connectivity index (χ2n) is 3.95. The first-order valence-electron chi connectivity index (χ1n) is 5.47. The second kappa shape index (κ2) is 5.56. The molecule has 8 heteroatoms. The topological polar surface area (TPSA) is 90.2 Å². The van der Waals surface area contributed by atoms with Gasteiger partial charge < -0.3 is 0 Å². The first kappa shape index (κ1) is 14.4. The van der Waals surface area contributed by atoms with Crippen molar-refractivity contribution in [2.24, 2.45) is 0 Å². The van der Waals surface area contributed by atoms with Crippen molar-refractivity contribution in [3.63, 3.8) is 0 Å². The van der Waals surface area contributed by atoms with E-state index in [1.165, 1.54) is 12.1 Å². The highest BCUT2D eigenvalue weighted by Gasteiger charge is 2.19. The Bertz CT molecular complexity index is 747. The summed E-state index contributed by atoms with van der Waals surface area (Å²) in [5, 5.41) is 10.5. The summed E-state index contributed by atoms with van der Waals surface area (Å²) >= 11 is 5.84. The van der Waals surface area contributed by atoms with Gasteiger partial charge >= 0.3 is 0 Å². The number of benzene rings is 1. The molecule has 0 aliphatic heterocycles. The zero-order valence-electron chi connectivity index (χ0n) is 10.1. The molecule has 0 atom stereocenters. The highest BCUT2D eigenvalue weighted by Crippen LogP contribution is 2.23. The Morgan fingerprint density at radius 2 is 1.90 bits per heavy atom. The van der Waals surface area contributed by atoms with E-state index in [2.05, 4.69) is 4.98 Å². The van der Waals surface area contributed by atoms with Crippen LogP contribution < -0.4 is 0 Å². The summed E-state index contributed by atoms with van der Waals surface area (Å²) in [6.45, 7) is 0. The molecule has 0 saturated carbocycles. The van der Waals surface area contributed by atoms with Crippen LogP contribution in [0.3, 0.4) is 0 Å². The number of hydrogen-bond donors (Lipinski definition) is 0. The van der Waals surface area contributed by atoms with Crippen LogP contribution in [0.5, 0.6) is 0 Å². The third kappa shape index (κ3) is 3.12. The van der Waals surface area contributed by atoms with Gasteiger partial charge in [0.05, 0.1) is 26.3 Å². The predicted molar refractivity (Wildman–Crippen MR) is 73.2 cm³/mol. The van der Waals surface area contributed by atoms with Gasteiger partial charge in [-0.05, 0) is 12.1 Å². The monoisotopic (exact) mass is 312 g/mol. The van der Waals surface area contributed by atoms with Crippen LogP contribution in [0.4, 0.5) is 5.69 Å². The summed E-state index contributed by atoms with van der Waals surface area (Å²) in [6.07, 6.45) is 0.988. The Morgan fingerprint density at radius 1 is 1.25 bits per heavy atom.